The first-order valence-electron chi connectivity index (χ1n) is 8.06. The van der Waals surface area contributed by atoms with Gasteiger partial charge in [0.2, 0.25) is 10.0 Å². The van der Waals surface area contributed by atoms with Gasteiger partial charge in [0.1, 0.15) is 11.4 Å². The fourth-order valence-corrected chi connectivity index (χ4v) is 3.48. The van der Waals surface area contributed by atoms with Gasteiger partial charge in [-0.05, 0) is 55.3 Å². The number of rotatable bonds is 3. The van der Waals surface area contributed by atoms with E-state index in [1.54, 1.807) is 18.2 Å². The van der Waals surface area contributed by atoms with Crippen molar-refractivity contribution >= 4 is 21.3 Å². The molecule has 0 amide bonds. The van der Waals surface area contributed by atoms with E-state index in [2.05, 4.69) is 4.72 Å². The van der Waals surface area contributed by atoms with Crippen molar-refractivity contribution < 1.29 is 26.3 Å². The lowest BCUT2D eigenvalue weighted by molar-refractivity contribution is -0.137. The summed E-state index contributed by atoms with van der Waals surface area (Å²) in [6.45, 7) is 3.63. The normalized spacial score (nSPS) is 16.1. The maximum Gasteiger partial charge on any atom is 0.416 e. The zero-order chi connectivity index (χ0) is 20.0. The van der Waals surface area contributed by atoms with Gasteiger partial charge < -0.3 is 4.74 Å². The van der Waals surface area contributed by atoms with Crippen molar-refractivity contribution in [3.05, 3.63) is 65.2 Å². The number of alkyl halides is 3. The molecule has 1 aliphatic rings. The molecule has 4 nitrogen and oxygen atoms in total. The lowest BCUT2D eigenvalue weighted by Crippen LogP contribution is -2.29. The van der Waals surface area contributed by atoms with E-state index in [0.717, 1.165) is 24.0 Å². The summed E-state index contributed by atoms with van der Waals surface area (Å²) in [6, 6.07) is 9.75. The molecule has 0 bridgehead atoms. The van der Waals surface area contributed by atoms with Crippen molar-refractivity contribution in [2.24, 2.45) is 0 Å². The van der Waals surface area contributed by atoms with Crippen molar-refractivity contribution in [3.8, 4) is 5.75 Å². The Hall–Kier alpha value is -2.48. The fourth-order valence-electron chi connectivity index (χ4n) is 2.92. The number of anilines is 1. The van der Waals surface area contributed by atoms with Crippen LogP contribution in [0.4, 0.5) is 18.9 Å². The van der Waals surface area contributed by atoms with Crippen molar-refractivity contribution in [2.75, 3.05) is 11.0 Å². The second-order valence-corrected chi connectivity index (χ2v) is 8.67. The third-order valence-electron chi connectivity index (χ3n) is 3.96. The molecule has 0 atom stereocenters. The minimum atomic E-state index is -4.40. The van der Waals surface area contributed by atoms with E-state index in [0.29, 0.717) is 22.6 Å². The smallest absolute Gasteiger partial charge is 0.416 e. The number of benzene rings is 2. The van der Waals surface area contributed by atoms with Crippen LogP contribution in [0.3, 0.4) is 0 Å². The quantitative estimate of drug-likeness (QED) is 0.818. The van der Waals surface area contributed by atoms with Crippen molar-refractivity contribution in [3.63, 3.8) is 0 Å². The van der Waals surface area contributed by atoms with Crippen LogP contribution in [0.2, 0.25) is 0 Å². The molecule has 0 aromatic heterocycles. The summed E-state index contributed by atoms with van der Waals surface area (Å²) in [7, 11) is -3.44. The van der Waals surface area contributed by atoms with Crippen LogP contribution in [-0.4, -0.2) is 20.3 Å². The van der Waals surface area contributed by atoms with Crippen LogP contribution in [-0.2, 0) is 16.2 Å². The van der Waals surface area contributed by atoms with Gasteiger partial charge in [-0.3, -0.25) is 4.72 Å². The average Bonchev–Trinajstić information content (AvgIpc) is 2.50. The van der Waals surface area contributed by atoms with Crippen molar-refractivity contribution in [1.82, 2.24) is 0 Å². The standard InChI is InChI=1S/C19H18F3NO3S/c1-18(2)11-16(12-4-6-13(7-5-12)19(20,21)22)15-9-8-14(10-17(15)26-18)23-27(3,24)25/h4-11,23H,1-3H3. The van der Waals surface area contributed by atoms with Crippen LogP contribution in [0, 0.1) is 0 Å². The molecule has 0 spiro atoms. The number of halogens is 3. The lowest BCUT2D eigenvalue weighted by Gasteiger charge is -2.31. The third-order valence-corrected chi connectivity index (χ3v) is 4.57. The number of nitrogens with one attached hydrogen (secondary N) is 1. The van der Waals surface area contributed by atoms with Gasteiger partial charge in [-0.15, -0.1) is 0 Å². The molecule has 3 rings (SSSR count). The minimum absolute atomic E-state index is 0.348. The Labute approximate surface area is 155 Å². The molecular formula is C19H18F3NO3S. The van der Waals surface area contributed by atoms with Gasteiger partial charge in [-0.1, -0.05) is 12.1 Å². The molecule has 2 aromatic carbocycles. The van der Waals surface area contributed by atoms with E-state index in [9.17, 15) is 21.6 Å². The molecular weight excluding hydrogens is 379 g/mol. The second-order valence-electron chi connectivity index (χ2n) is 6.92. The number of hydrogen-bond acceptors (Lipinski definition) is 3. The van der Waals surface area contributed by atoms with E-state index < -0.39 is 27.4 Å². The van der Waals surface area contributed by atoms with E-state index in [4.69, 9.17) is 4.74 Å². The molecule has 2 aromatic rings. The topological polar surface area (TPSA) is 55.4 Å². The molecule has 0 aliphatic carbocycles. The minimum Gasteiger partial charge on any atom is -0.483 e. The van der Waals surface area contributed by atoms with Gasteiger partial charge >= 0.3 is 6.18 Å². The molecule has 144 valence electrons. The predicted octanol–water partition coefficient (Wildman–Crippen LogP) is 4.68. The van der Waals surface area contributed by atoms with Gasteiger partial charge in [0.25, 0.3) is 0 Å². The zero-order valence-electron chi connectivity index (χ0n) is 14.9. The fraction of sp³-hybridized carbons (Fsp3) is 0.263. The molecule has 27 heavy (non-hydrogen) atoms. The van der Waals surface area contributed by atoms with Crippen LogP contribution in [0.25, 0.3) is 5.57 Å². The summed E-state index contributed by atoms with van der Waals surface area (Å²) in [6.07, 6.45) is -1.52. The Bertz CT molecular complexity index is 1010. The monoisotopic (exact) mass is 397 g/mol. The number of hydrogen-bond donors (Lipinski definition) is 1. The van der Waals surface area contributed by atoms with Crippen LogP contribution < -0.4 is 9.46 Å². The maximum atomic E-state index is 12.8. The highest BCUT2D eigenvalue weighted by molar-refractivity contribution is 7.92. The van der Waals surface area contributed by atoms with Crippen molar-refractivity contribution in [1.29, 1.82) is 0 Å². The second kappa shape index (κ2) is 6.30. The van der Waals surface area contributed by atoms with E-state index in [1.165, 1.54) is 12.1 Å². The molecule has 1 aliphatic heterocycles. The Kier molecular flexibility index (Phi) is 4.50. The summed E-state index contributed by atoms with van der Waals surface area (Å²) < 4.78 is 69.6. The van der Waals surface area contributed by atoms with Crippen LogP contribution >= 0.6 is 0 Å². The molecule has 0 saturated heterocycles. The maximum absolute atomic E-state index is 12.8. The lowest BCUT2D eigenvalue weighted by atomic mass is 9.89. The number of fused-ring (bicyclic) bond motifs is 1. The van der Waals surface area contributed by atoms with E-state index >= 15 is 0 Å². The summed E-state index contributed by atoms with van der Waals surface area (Å²) in [5.41, 5.74) is 0.930. The first-order chi connectivity index (χ1) is 12.3. The molecule has 1 N–H and O–H groups in total. The van der Waals surface area contributed by atoms with E-state index in [-0.39, 0.29) is 0 Å². The number of ether oxygens (including phenoxy) is 1. The predicted molar refractivity (Wildman–Crippen MR) is 98.1 cm³/mol. The Morgan fingerprint density at radius 1 is 1.04 bits per heavy atom. The molecule has 0 unspecified atom stereocenters. The first kappa shape index (κ1) is 19.3. The highest BCUT2D eigenvalue weighted by Gasteiger charge is 2.31. The molecule has 0 fully saturated rings. The van der Waals surface area contributed by atoms with E-state index in [1.807, 2.05) is 19.9 Å². The van der Waals surface area contributed by atoms with Gasteiger partial charge in [0.15, 0.2) is 0 Å². The van der Waals surface area contributed by atoms with Crippen LogP contribution in [0.5, 0.6) is 5.75 Å². The average molecular weight is 397 g/mol. The molecule has 0 saturated carbocycles. The Morgan fingerprint density at radius 3 is 2.22 bits per heavy atom. The summed E-state index contributed by atoms with van der Waals surface area (Å²) in [5, 5.41) is 0. The van der Waals surface area contributed by atoms with Crippen molar-refractivity contribution in [2.45, 2.75) is 25.6 Å². The third kappa shape index (κ3) is 4.44. The zero-order valence-corrected chi connectivity index (χ0v) is 15.7. The number of sulfonamides is 1. The SMILES string of the molecule is CC1(C)C=C(c2ccc(C(F)(F)F)cc2)c2ccc(NS(C)(=O)=O)cc2O1. The van der Waals surface area contributed by atoms with Crippen LogP contribution in [0.15, 0.2) is 48.5 Å². The highest BCUT2D eigenvalue weighted by Crippen LogP contribution is 2.41. The summed E-state index contributed by atoms with van der Waals surface area (Å²) >= 11 is 0. The summed E-state index contributed by atoms with van der Waals surface area (Å²) in [4.78, 5) is 0. The summed E-state index contributed by atoms with van der Waals surface area (Å²) in [5.74, 6) is 0.450. The highest BCUT2D eigenvalue weighted by atomic mass is 32.2. The van der Waals surface area contributed by atoms with Gasteiger partial charge in [-0.25, -0.2) is 8.42 Å². The molecule has 1 heterocycles. The largest absolute Gasteiger partial charge is 0.483 e. The van der Waals surface area contributed by atoms with Crippen LogP contribution in [0.1, 0.15) is 30.5 Å². The van der Waals surface area contributed by atoms with Gasteiger partial charge in [0.05, 0.1) is 17.5 Å². The Balaban J connectivity index is 2.05. The Morgan fingerprint density at radius 2 is 1.67 bits per heavy atom. The van der Waals surface area contributed by atoms with Gasteiger partial charge in [0, 0.05) is 11.6 Å². The van der Waals surface area contributed by atoms with Gasteiger partial charge in [-0.2, -0.15) is 13.2 Å². The first-order valence-corrected chi connectivity index (χ1v) is 9.95. The molecule has 0 radical (unpaired) electrons. The molecule has 8 heteroatoms.